The van der Waals surface area contributed by atoms with Crippen molar-refractivity contribution in [3.05, 3.63) is 33.7 Å². The maximum absolute atomic E-state index is 12.5. The maximum Gasteiger partial charge on any atom is 0.258 e. The van der Waals surface area contributed by atoms with Gasteiger partial charge < -0.3 is 10.2 Å². The number of rotatable bonds is 5. The molecule has 0 saturated carbocycles. The molecule has 4 heterocycles. The van der Waals surface area contributed by atoms with Gasteiger partial charge in [0.25, 0.3) is 5.56 Å². The highest BCUT2D eigenvalue weighted by Crippen LogP contribution is 2.29. The molecule has 2 aliphatic heterocycles. The van der Waals surface area contributed by atoms with Crippen LogP contribution in [0.3, 0.4) is 0 Å². The van der Waals surface area contributed by atoms with E-state index in [1.165, 1.54) is 35.9 Å². The summed E-state index contributed by atoms with van der Waals surface area (Å²) >= 11 is 2.98. The van der Waals surface area contributed by atoms with E-state index in [0.717, 1.165) is 18.5 Å². The number of nitrogens with one attached hydrogen (secondary N) is 1. The Bertz CT molecular complexity index is 821. The first-order valence-electron chi connectivity index (χ1n) is 8.65. The van der Waals surface area contributed by atoms with E-state index in [2.05, 4.69) is 10.3 Å². The Kier molecular flexibility index (Phi) is 4.84. The number of hydrogen-bond acceptors (Lipinski definition) is 6. The second-order valence-corrected chi connectivity index (χ2v) is 8.76. The van der Waals surface area contributed by atoms with Crippen molar-refractivity contribution in [1.29, 1.82) is 0 Å². The lowest BCUT2D eigenvalue weighted by atomic mass is 9.98. The SMILES string of the molecule is CN(C(=O)CSCc1cc(=O)n2ccsc2n1)C1CC2CCC(C1)N2. The number of carbonyl (C=O) groups is 1. The zero-order valence-corrected chi connectivity index (χ0v) is 15.8. The summed E-state index contributed by atoms with van der Waals surface area (Å²) in [5.74, 6) is 1.19. The van der Waals surface area contributed by atoms with E-state index in [1.807, 2.05) is 17.3 Å². The van der Waals surface area contributed by atoms with E-state index in [4.69, 9.17) is 0 Å². The third-order valence-corrected chi connectivity index (χ3v) is 6.93. The van der Waals surface area contributed by atoms with Crippen LogP contribution in [0.25, 0.3) is 4.96 Å². The van der Waals surface area contributed by atoms with E-state index >= 15 is 0 Å². The van der Waals surface area contributed by atoms with Gasteiger partial charge in [-0.15, -0.1) is 23.1 Å². The molecule has 2 saturated heterocycles. The van der Waals surface area contributed by atoms with Crippen molar-refractivity contribution in [2.45, 2.75) is 49.6 Å². The number of thioether (sulfide) groups is 1. The summed E-state index contributed by atoms with van der Waals surface area (Å²) in [6, 6.07) is 3.09. The second-order valence-electron chi connectivity index (χ2n) is 6.90. The average molecular weight is 379 g/mol. The van der Waals surface area contributed by atoms with E-state index in [1.54, 1.807) is 16.7 Å². The molecule has 4 rings (SSSR count). The first kappa shape index (κ1) is 17.1. The molecule has 1 N–H and O–H groups in total. The van der Waals surface area contributed by atoms with Gasteiger partial charge in [-0.3, -0.25) is 14.0 Å². The quantitative estimate of drug-likeness (QED) is 0.858. The van der Waals surface area contributed by atoms with Crippen molar-refractivity contribution in [2.24, 2.45) is 0 Å². The third kappa shape index (κ3) is 3.61. The zero-order valence-electron chi connectivity index (χ0n) is 14.2. The van der Waals surface area contributed by atoms with Crippen molar-refractivity contribution in [2.75, 3.05) is 12.8 Å². The predicted octanol–water partition coefficient (Wildman–Crippen LogP) is 1.73. The first-order valence-corrected chi connectivity index (χ1v) is 10.7. The monoisotopic (exact) mass is 378 g/mol. The highest BCUT2D eigenvalue weighted by Gasteiger charge is 2.36. The number of nitrogens with zero attached hydrogens (tertiary/aromatic N) is 3. The maximum atomic E-state index is 12.5. The fourth-order valence-electron chi connectivity index (χ4n) is 3.85. The molecule has 2 aromatic heterocycles. The predicted molar refractivity (Wildman–Crippen MR) is 101 cm³/mol. The van der Waals surface area contributed by atoms with Crippen LogP contribution in [0.2, 0.25) is 0 Å². The molecule has 1 amide bonds. The second kappa shape index (κ2) is 7.09. The van der Waals surface area contributed by atoms with Crippen LogP contribution in [0.4, 0.5) is 0 Å². The van der Waals surface area contributed by atoms with Crippen molar-refractivity contribution < 1.29 is 4.79 Å². The fourth-order valence-corrected chi connectivity index (χ4v) is 5.43. The summed E-state index contributed by atoms with van der Waals surface area (Å²) in [5.41, 5.74) is 0.684. The number of aromatic nitrogens is 2. The van der Waals surface area contributed by atoms with Gasteiger partial charge in [0.2, 0.25) is 5.91 Å². The van der Waals surface area contributed by atoms with Crippen LogP contribution in [-0.4, -0.2) is 51.1 Å². The Morgan fingerprint density at radius 1 is 1.44 bits per heavy atom. The molecule has 2 unspecified atom stereocenters. The lowest BCUT2D eigenvalue weighted by molar-refractivity contribution is -0.129. The number of piperidine rings is 1. The summed E-state index contributed by atoms with van der Waals surface area (Å²) in [5, 5.41) is 5.47. The Morgan fingerprint density at radius 3 is 2.96 bits per heavy atom. The molecular weight excluding hydrogens is 356 g/mol. The van der Waals surface area contributed by atoms with Crippen LogP contribution in [0.15, 0.2) is 22.4 Å². The molecule has 25 heavy (non-hydrogen) atoms. The smallest absolute Gasteiger partial charge is 0.258 e. The molecule has 8 heteroatoms. The molecule has 0 radical (unpaired) electrons. The van der Waals surface area contributed by atoms with Crippen LogP contribution in [-0.2, 0) is 10.5 Å². The van der Waals surface area contributed by atoms with Gasteiger partial charge in [-0.25, -0.2) is 4.98 Å². The third-order valence-electron chi connectivity index (χ3n) is 5.22. The van der Waals surface area contributed by atoms with Crippen LogP contribution in [0.1, 0.15) is 31.4 Å². The van der Waals surface area contributed by atoms with E-state index in [0.29, 0.717) is 34.6 Å². The van der Waals surface area contributed by atoms with Crippen LogP contribution in [0.5, 0.6) is 0 Å². The molecule has 0 spiro atoms. The number of carbonyl (C=O) groups excluding carboxylic acids is 1. The highest BCUT2D eigenvalue weighted by atomic mass is 32.2. The van der Waals surface area contributed by atoms with E-state index < -0.39 is 0 Å². The Morgan fingerprint density at radius 2 is 2.20 bits per heavy atom. The average Bonchev–Trinajstić information content (AvgIpc) is 3.20. The Labute approximate surface area is 154 Å². The van der Waals surface area contributed by atoms with Crippen LogP contribution in [0, 0.1) is 0 Å². The standard InChI is InChI=1S/C17H22N4O2S2/c1-20(14-6-11-2-3-12(7-14)18-11)16(23)10-24-9-13-8-15(22)21-4-5-25-17(21)19-13/h4-5,8,11-12,14,18H,2-3,6-7,9-10H2,1H3. The lowest BCUT2D eigenvalue weighted by Crippen LogP contribution is -2.49. The Hall–Kier alpha value is -1.38. The van der Waals surface area contributed by atoms with Gasteiger partial charge >= 0.3 is 0 Å². The summed E-state index contributed by atoms with van der Waals surface area (Å²) < 4.78 is 1.54. The Balaban J connectivity index is 1.31. The fraction of sp³-hybridized carbons (Fsp3) is 0.588. The molecule has 0 aliphatic carbocycles. The van der Waals surface area contributed by atoms with Crippen molar-refractivity contribution in [1.82, 2.24) is 19.6 Å². The van der Waals surface area contributed by atoms with Crippen LogP contribution >= 0.6 is 23.1 Å². The topological polar surface area (TPSA) is 66.7 Å². The summed E-state index contributed by atoms with van der Waals surface area (Å²) in [4.78, 5) is 31.6. The van der Waals surface area contributed by atoms with Gasteiger partial charge in [0.15, 0.2) is 4.96 Å². The summed E-state index contributed by atoms with van der Waals surface area (Å²) in [7, 11) is 1.93. The highest BCUT2D eigenvalue weighted by molar-refractivity contribution is 7.99. The molecule has 2 atom stereocenters. The zero-order chi connectivity index (χ0) is 17.4. The molecule has 2 bridgehead atoms. The van der Waals surface area contributed by atoms with Crippen molar-refractivity contribution >= 4 is 34.0 Å². The molecule has 134 valence electrons. The number of thiazole rings is 1. The van der Waals surface area contributed by atoms with Crippen molar-refractivity contribution in [3.63, 3.8) is 0 Å². The largest absolute Gasteiger partial charge is 0.342 e. The van der Waals surface area contributed by atoms with E-state index in [-0.39, 0.29) is 11.5 Å². The van der Waals surface area contributed by atoms with Gasteiger partial charge in [0.1, 0.15) is 0 Å². The van der Waals surface area contributed by atoms with Gasteiger partial charge in [0.05, 0.1) is 11.4 Å². The lowest BCUT2D eigenvalue weighted by Gasteiger charge is -2.35. The molecule has 2 aromatic rings. The van der Waals surface area contributed by atoms with E-state index in [9.17, 15) is 9.59 Å². The minimum absolute atomic E-state index is 0.0597. The van der Waals surface area contributed by atoms with Gasteiger partial charge in [-0.2, -0.15) is 0 Å². The van der Waals surface area contributed by atoms with Gasteiger partial charge in [-0.05, 0) is 25.7 Å². The molecule has 2 fully saturated rings. The van der Waals surface area contributed by atoms with Crippen molar-refractivity contribution in [3.8, 4) is 0 Å². The van der Waals surface area contributed by atoms with Gasteiger partial charge in [0, 0.05) is 48.6 Å². The molecule has 6 nitrogen and oxygen atoms in total. The number of amides is 1. The molecule has 0 aromatic carbocycles. The molecular formula is C17H22N4O2S2. The normalized spacial score (nSPS) is 25.4. The molecule has 2 aliphatic rings. The first-order chi connectivity index (χ1) is 12.1. The summed E-state index contributed by atoms with van der Waals surface area (Å²) in [6.45, 7) is 0. The minimum atomic E-state index is -0.0597. The number of hydrogen-bond donors (Lipinski definition) is 1. The number of fused-ring (bicyclic) bond motifs is 3. The van der Waals surface area contributed by atoms with Gasteiger partial charge in [-0.1, -0.05) is 0 Å². The summed E-state index contributed by atoms with van der Waals surface area (Å²) in [6.07, 6.45) is 6.35. The minimum Gasteiger partial charge on any atom is -0.342 e. The van der Waals surface area contributed by atoms with Crippen LogP contribution < -0.4 is 10.9 Å².